The summed E-state index contributed by atoms with van der Waals surface area (Å²) in [6, 6.07) is 10.2. The molecular weight excluding hydrogens is 408 g/mol. The van der Waals surface area contributed by atoms with Crippen LogP contribution in [-0.2, 0) is 0 Å². The largest absolute Gasteiger partial charge is 0.478 e. The molecule has 0 radical (unpaired) electrons. The minimum absolute atomic E-state index is 0.0243. The second kappa shape index (κ2) is 7.71. The van der Waals surface area contributed by atoms with Gasteiger partial charge in [-0.3, -0.25) is 14.9 Å². The van der Waals surface area contributed by atoms with E-state index in [2.05, 4.69) is 10.2 Å². The number of carbonyl (C=O) groups excluding carboxylic acids is 1. The highest BCUT2D eigenvalue weighted by Gasteiger charge is 2.30. The van der Waals surface area contributed by atoms with Gasteiger partial charge in [0.2, 0.25) is 0 Å². The van der Waals surface area contributed by atoms with Crippen molar-refractivity contribution in [2.75, 3.05) is 0 Å². The zero-order valence-electron chi connectivity index (χ0n) is 15.8. The zero-order valence-corrected chi connectivity index (χ0v) is 16.6. The van der Waals surface area contributed by atoms with E-state index in [0.717, 1.165) is 30.4 Å². The molecule has 0 saturated heterocycles. The number of benzene rings is 2. The second-order valence-corrected chi connectivity index (χ2v) is 7.86. The number of hydrogen-bond donors (Lipinski definition) is 1. The molecule has 2 aromatic carbocycles. The predicted molar refractivity (Wildman–Crippen MR) is 107 cm³/mol. The Morgan fingerprint density at radius 1 is 1.17 bits per heavy atom. The number of nitro benzene ring substituents is 1. The molecule has 0 amide bonds. The Morgan fingerprint density at radius 3 is 2.50 bits per heavy atom. The second-order valence-electron chi connectivity index (χ2n) is 6.85. The summed E-state index contributed by atoms with van der Waals surface area (Å²) in [5, 5.41) is 29.8. The Bertz CT molecular complexity index is 1190. The first-order valence-electron chi connectivity index (χ1n) is 9.11. The molecule has 1 saturated carbocycles. The first kappa shape index (κ1) is 19.8. The van der Waals surface area contributed by atoms with Gasteiger partial charge >= 0.3 is 5.97 Å². The first-order chi connectivity index (χ1) is 14.4. The van der Waals surface area contributed by atoms with E-state index in [1.165, 1.54) is 36.4 Å². The lowest BCUT2D eigenvalue weighted by molar-refractivity contribution is -0.387. The van der Waals surface area contributed by atoms with Crippen molar-refractivity contribution in [3.63, 3.8) is 0 Å². The third-order valence-corrected chi connectivity index (χ3v) is 5.79. The number of aromatic nitrogens is 3. The molecule has 0 aliphatic heterocycles. The number of carboxylic acids is 1. The molecule has 1 aliphatic carbocycles. The minimum Gasteiger partial charge on any atom is -0.478 e. The van der Waals surface area contributed by atoms with Gasteiger partial charge < -0.3 is 9.67 Å². The molecule has 1 fully saturated rings. The number of nitro groups is 1. The number of carboxylic acid groups (broad SMARTS) is 1. The molecule has 1 N–H and O–H groups in total. The molecule has 1 heterocycles. The molecule has 0 spiro atoms. The number of aryl methyl sites for hydroxylation is 1. The molecule has 0 unspecified atom stereocenters. The van der Waals surface area contributed by atoms with E-state index >= 15 is 0 Å². The van der Waals surface area contributed by atoms with E-state index in [4.69, 9.17) is 0 Å². The lowest BCUT2D eigenvalue weighted by atomic mass is 9.98. The van der Waals surface area contributed by atoms with E-state index in [9.17, 15) is 24.8 Å². The number of carbonyl (C=O) groups is 2. The van der Waals surface area contributed by atoms with Crippen molar-refractivity contribution >= 4 is 29.2 Å². The van der Waals surface area contributed by atoms with Gasteiger partial charge in [0.1, 0.15) is 5.82 Å². The molecule has 3 aromatic rings. The van der Waals surface area contributed by atoms with Crippen LogP contribution in [0.25, 0.3) is 0 Å². The zero-order chi connectivity index (χ0) is 21.4. The van der Waals surface area contributed by atoms with E-state index < -0.39 is 16.7 Å². The molecule has 4 rings (SSSR count). The van der Waals surface area contributed by atoms with Gasteiger partial charge in [0.15, 0.2) is 10.9 Å². The number of aromatic carboxylic acids is 1. The van der Waals surface area contributed by atoms with E-state index in [1.54, 1.807) is 6.07 Å². The summed E-state index contributed by atoms with van der Waals surface area (Å²) in [6.07, 6.45) is 2.04. The van der Waals surface area contributed by atoms with Gasteiger partial charge in [-0.25, -0.2) is 4.79 Å². The Kier molecular flexibility index (Phi) is 5.08. The average Bonchev–Trinajstić information content (AvgIpc) is 3.50. The molecule has 152 valence electrons. The van der Waals surface area contributed by atoms with Crippen LogP contribution in [0.3, 0.4) is 0 Å². The van der Waals surface area contributed by atoms with Crippen LogP contribution >= 0.6 is 11.8 Å². The lowest BCUT2D eigenvalue weighted by Crippen LogP contribution is -2.10. The van der Waals surface area contributed by atoms with Gasteiger partial charge in [0.25, 0.3) is 5.69 Å². The van der Waals surface area contributed by atoms with Gasteiger partial charge in [-0.2, -0.15) is 0 Å². The third kappa shape index (κ3) is 3.69. The summed E-state index contributed by atoms with van der Waals surface area (Å²) in [6.45, 7) is 1.84. The normalized spacial score (nSPS) is 13.2. The standard InChI is InChI=1S/C20H16N4O5S/c1-11-21-22-20(23(11)13-7-8-13)30-17-9-6-12(10-16(17)24(28)29)18(25)14-4-2-3-5-15(14)19(26)27/h2-6,9-10,13H,7-8H2,1H3,(H,26,27). The van der Waals surface area contributed by atoms with Crippen LogP contribution in [-0.4, -0.2) is 36.5 Å². The van der Waals surface area contributed by atoms with Crippen molar-refractivity contribution in [2.24, 2.45) is 0 Å². The summed E-state index contributed by atoms with van der Waals surface area (Å²) >= 11 is 1.12. The fourth-order valence-corrected chi connectivity index (χ4v) is 4.21. The van der Waals surface area contributed by atoms with Crippen LogP contribution in [0, 0.1) is 17.0 Å². The molecule has 1 aromatic heterocycles. The Balaban J connectivity index is 1.70. The number of rotatable bonds is 7. The topological polar surface area (TPSA) is 128 Å². The fraction of sp³-hybridized carbons (Fsp3) is 0.200. The molecule has 1 aliphatic rings. The van der Waals surface area contributed by atoms with E-state index in [-0.39, 0.29) is 22.4 Å². The van der Waals surface area contributed by atoms with Crippen molar-refractivity contribution in [3.8, 4) is 0 Å². The molecule has 10 heteroatoms. The molecule has 0 bridgehead atoms. The van der Waals surface area contributed by atoms with Crippen LogP contribution < -0.4 is 0 Å². The van der Waals surface area contributed by atoms with Gasteiger partial charge in [0.05, 0.1) is 15.4 Å². The maximum Gasteiger partial charge on any atom is 0.336 e. The SMILES string of the molecule is Cc1nnc(Sc2ccc(C(=O)c3ccccc3C(=O)O)cc2[N+](=O)[O-])n1C1CC1. The smallest absolute Gasteiger partial charge is 0.336 e. The first-order valence-corrected chi connectivity index (χ1v) is 9.93. The minimum atomic E-state index is -1.24. The van der Waals surface area contributed by atoms with Crippen LogP contribution in [0.4, 0.5) is 5.69 Å². The van der Waals surface area contributed by atoms with E-state index in [0.29, 0.717) is 16.1 Å². The average molecular weight is 424 g/mol. The summed E-state index contributed by atoms with van der Waals surface area (Å²) in [5.41, 5.74) is -0.387. The highest BCUT2D eigenvalue weighted by Crippen LogP contribution is 2.42. The van der Waals surface area contributed by atoms with Gasteiger partial charge in [-0.1, -0.05) is 18.2 Å². The summed E-state index contributed by atoms with van der Waals surface area (Å²) in [4.78, 5) is 35.7. The van der Waals surface area contributed by atoms with Crippen molar-refractivity contribution in [3.05, 3.63) is 75.1 Å². The van der Waals surface area contributed by atoms with Crippen molar-refractivity contribution in [2.45, 2.75) is 35.9 Å². The van der Waals surface area contributed by atoms with E-state index in [1.807, 2.05) is 11.5 Å². The quantitative estimate of drug-likeness (QED) is 0.343. The van der Waals surface area contributed by atoms with Gasteiger partial charge in [-0.05, 0) is 49.7 Å². The summed E-state index contributed by atoms with van der Waals surface area (Å²) in [5.74, 6) is -1.08. The number of nitrogens with zero attached hydrogens (tertiary/aromatic N) is 4. The van der Waals surface area contributed by atoms with Crippen molar-refractivity contribution in [1.82, 2.24) is 14.8 Å². The molecule has 0 atom stereocenters. The van der Waals surface area contributed by atoms with Gasteiger partial charge in [-0.15, -0.1) is 10.2 Å². The van der Waals surface area contributed by atoms with Crippen molar-refractivity contribution < 1.29 is 19.6 Å². The third-order valence-electron chi connectivity index (χ3n) is 4.77. The van der Waals surface area contributed by atoms with Crippen molar-refractivity contribution in [1.29, 1.82) is 0 Å². The molecular formula is C20H16N4O5S. The number of hydrogen-bond acceptors (Lipinski definition) is 7. The summed E-state index contributed by atoms with van der Waals surface area (Å²) in [7, 11) is 0. The van der Waals surface area contributed by atoms with Crippen LogP contribution in [0.1, 0.15) is 51.0 Å². The van der Waals surface area contributed by atoms with Crippen LogP contribution in [0.15, 0.2) is 52.5 Å². The maximum atomic E-state index is 12.9. The highest BCUT2D eigenvalue weighted by molar-refractivity contribution is 7.99. The number of ketones is 1. The fourth-order valence-electron chi connectivity index (χ4n) is 3.18. The van der Waals surface area contributed by atoms with Crippen LogP contribution in [0.2, 0.25) is 0 Å². The maximum absolute atomic E-state index is 12.9. The summed E-state index contributed by atoms with van der Waals surface area (Å²) < 4.78 is 1.97. The highest BCUT2D eigenvalue weighted by atomic mass is 32.2. The predicted octanol–water partition coefficient (Wildman–Crippen LogP) is 3.91. The molecule has 9 nitrogen and oxygen atoms in total. The van der Waals surface area contributed by atoms with Crippen LogP contribution in [0.5, 0.6) is 0 Å². The molecule has 30 heavy (non-hydrogen) atoms. The Hall–Kier alpha value is -3.53. The Morgan fingerprint density at radius 2 is 1.87 bits per heavy atom. The lowest BCUT2D eigenvalue weighted by Gasteiger charge is -2.09. The van der Waals surface area contributed by atoms with Gasteiger partial charge in [0, 0.05) is 23.2 Å². The Labute approximate surface area is 174 Å². The monoisotopic (exact) mass is 424 g/mol.